The largest absolute Gasteiger partial charge is 0.342 e. The van der Waals surface area contributed by atoms with Gasteiger partial charge in [0.1, 0.15) is 0 Å². The Morgan fingerprint density at radius 2 is 1.82 bits per heavy atom. The summed E-state index contributed by atoms with van der Waals surface area (Å²) in [6, 6.07) is 14.6. The van der Waals surface area contributed by atoms with Crippen molar-refractivity contribution in [2.24, 2.45) is 17.8 Å². The van der Waals surface area contributed by atoms with Crippen molar-refractivity contribution in [2.45, 2.75) is 31.7 Å². The minimum atomic E-state index is 0.110. The van der Waals surface area contributed by atoms with Gasteiger partial charge in [0.05, 0.1) is 12.5 Å². The first kappa shape index (κ1) is 17.9. The monoisotopic (exact) mass is 394 g/mol. The molecule has 0 unspecified atom stereocenters. The fraction of sp³-hybridized carbons (Fsp3) is 0.478. The van der Waals surface area contributed by atoms with Crippen LogP contribution in [0, 0.1) is 17.8 Å². The lowest BCUT2D eigenvalue weighted by Gasteiger charge is -2.35. The third kappa shape index (κ3) is 3.16. The van der Waals surface area contributed by atoms with E-state index in [1.165, 1.54) is 12.0 Å². The Bertz CT molecular complexity index is 847. The lowest BCUT2D eigenvalue weighted by molar-refractivity contribution is -0.140. The summed E-state index contributed by atoms with van der Waals surface area (Å²) in [6.07, 6.45) is 3.76. The van der Waals surface area contributed by atoms with Crippen LogP contribution < -0.4 is 0 Å². The Kier molecular flexibility index (Phi) is 4.71. The number of carbonyl (C=O) groups is 2. The summed E-state index contributed by atoms with van der Waals surface area (Å²) < 4.78 is 0. The summed E-state index contributed by atoms with van der Waals surface area (Å²) in [7, 11) is 0. The highest BCUT2D eigenvalue weighted by molar-refractivity contribution is 7.10. The zero-order valence-electron chi connectivity index (χ0n) is 16.0. The second-order valence-electron chi connectivity index (χ2n) is 8.45. The van der Waals surface area contributed by atoms with Crippen LogP contribution in [0.2, 0.25) is 0 Å². The van der Waals surface area contributed by atoms with Crippen molar-refractivity contribution in [1.29, 1.82) is 0 Å². The first-order valence-electron chi connectivity index (χ1n) is 10.4. The molecular formula is C23H26N2O2S. The molecule has 28 heavy (non-hydrogen) atoms. The Labute approximate surface area is 170 Å². The quantitative estimate of drug-likeness (QED) is 0.792. The van der Waals surface area contributed by atoms with E-state index < -0.39 is 0 Å². The number of thiophene rings is 1. The van der Waals surface area contributed by atoms with E-state index in [2.05, 4.69) is 29.2 Å². The summed E-state index contributed by atoms with van der Waals surface area (Å²) in [5.41, 5.74) is 1.22. The van der Waals surface area contributed by atoms with Gasteiger partial charge in [-0.25, -0.2) is 0 Å². The zero-order chi connectivity index (χ0) is 19.1. The number of benzene rings is 1. The van der Waals surface area contributed by atoms with Crippen molar-refractivity contribution in [3.05, 3.63) is 58.3 Å². The average molecular weight is 395 g/mol. The highest BCUT2D eigenvalue weighted by atomic mass is 32.1. The molecule has 4 nitrogen and oxygen atoms in total. The lowest BCUT2D eigenvalue weighted by atomic mass is 9.83. The molecular weight excluding hydrogens is 368 g/mol. The zero-order valence-corrected chi connectivity index (χ0v) is 16.8. The van der Waals surface area contributed by atoms with Gasteiger partial charge in [-0.05, 0) is 29.9 Å². The molecule has 5 heteroatoms. The number of rotatable bonds is 4. The number of amides is 2. The molecule has 146 valence electrons. The minimum Gasteiger partial charge on any atom is -0.342 e. The second kappa shape index (κ2) is 7.36. The standard InChI is InChI=1S/C23H26N2O2S/c26-21(12-19-10-5-11-28-19)24-13-18-14-25(23(27)17-8-4-9-17)22(20(18)15-24)16-6-2-1-3-7-16/h1-3,5-7,10-11,17-18,20,22H,4,8-9,12-15H2/t18-,20-,22-/m0/s1. The number of hydrogen-bond donors (Lipinski definition) is 0. The Morgan fingerprint density at radius 3 is 2.50 bits per heavy atom. The molecule has 3 aliphatic rings. The Hall–Kier alpha value is -2.14. The maximum atomic E-state index is 13.1. The minimum absolute atomic E-state index is 0.110. The number of likely N-dealkylation sites (tertiary alicyclic amines) is 2. The SMILES string of the molecule is O=C(Cc1cccs1)N1C[C@H]2CN(C(=O)C3CCC3)[C@@H](c3ccccc3)[C@H]2C1. The molecule has 3 atom stereocenters. The predicted octanol–water partition coefficient (Wildman–Crippen LogP) is 3.75. The Morgan fingerprint density at radius 1 is 1.00 bits per heavy atom. The summed E-state index contributed by atoms with van der Waals surface area (Å²) in [4.78, 5) is 31.2. The number of fused-ring (bicyclic) bond motifs is 1. The number of carbonyl (C=O) groups excluding carboxylic acids is 2. The van der Waals surface area contributed by atoms with Gasteiger partial charge in [-0.3, -0.25) is 9.59 Å². The van der Waals surface area contributed by atoms with Gasteiger partial charge >= 0.3 is 0 Å². The molecule has 2 amide bonds. The van der Waals surface area contributed by atoms with Crippen LogP contribution in [0.15, 0.2) is 47.8 Å². The maximum absolute atomic E-state index is 13.1. The molecule has 1 aromatic heterocycles. The van der Waals surface area contributed by atoms with E-state index in [1.807, 2.05) is 28.5 Å². The van der Waals surface area contributed by atoms with E-state index >= 15 is 0 Å². The van der Waals surface area contributed by atoms with Crippen LogP contribution in [0.5, 0.6) is 0 Å². The Balaban J connectivity index is 1.36. The van der Waals surface area contributed by atoms with Crippen molar-refractivity contribution in [2.75, 3.05) is 19.6 Å². The third-order valence-electron chi connectivity index (χ3n) is 6.80. The topological polar surface area (TPSA) is 40.6 Å². The first-order chi connectivity index (χ1) is 13.7. The van der Waals surface area contributed by atoms with Crippen LogP contribution in [0.3, 0.4) is 0 Å². The molecule has 1 aromatic carbocycles. The van der Waals surface area contributed by atoms with Crippen molar-refractivity contribution >= 4 is 23.2 Å². The van der Waals surface area contributed by atoms with Crippen LogP contribution in [0.4, 0.5) is 0 Å². The normalized spacial score (nSPS) is 26.9. The molecule has 3 fully saturated rings. The van der Waals surface area contributed by atoms with Gasteiger partial charge in [0.25, 0.3) is 0 Å². The van der Waals surface area contributed by atoms with Crippen LogP contribution in [0.25, 0.3) is 0 Å². The van der Waals surface area contributed by atoms with Gasteiger partial charge < -0.3 is 9.80 Å². The predicted molar refractivity (Wildman–Crippen MR) is 110 cm³/mol. The second-order valence-corrected chi connectivity index (χ2v) is 9.48. The molecule has 2 saturated heterocycles. The van der Waals surface area contributed by atoms with Gasteiger partial charge in [0.15, 0.2) is 0 Å². The van der Waals surface area contributed by atoms with Crippen LogP contribution in [-0.2, 0) is 16.0 Å². The molecule has 3 heterocycles. The fourth-order valence-electron chi connectivity index (χ4n) is 5.12. The summed E-state index contributed by atoms with van der Waals surface area (Å²) in [6.45, 7) is 2.35. The van der Waals surface area contributed by atoms with Gasteiger partial charge in [-0.1, -0.05) is 42.8 Å². The fourth-order valence-corrected chi connectivity index (χ4v) is 5.81. The van der Waals surface area contributed by atoms with Gasteiger partial charge in [0.2, 0.25) is 11.8 Å². The highest BCUT2D eigenvalue weighted by Gasteiger charge is 2.51. The molecule has 0 spiro atoms. The van der Waals surface area contributed by atoms with E-state index in [1.54, 1.807) is 11.3 Å². The first-order valence-corrected chi connectivity index (χ1v) is 11.2. The van der Waals surface area contributed by atoms with Gasteiger partial charge in [-0.2, -0.15) is 0 Å². The molecule has 0 radical (unpaired) electrons. The van der Waals surface area contributed by atoms with E-state index in [0.717, 1.165) is 37.4 Å². The summed E-state index contributed by atoms with van der Waals surface area (Å²) in [5, 5.41) is 2.02. The van der Waals surface area contributed by atoms with Gasteiger partial charge in [-0.15, -0.1) is 11.3 Å². The maximum Gasteiger partial charge on any atom is 0.227 e. The number of hydrogen-bond acceptors (Lipinski definition) is 3. The lowest BCUT2D eigenvalue weighted by Crippen LogP contribution is -2.42. The van der Waals surface area contributed by atoms with Crippen molar-refractivity contribution in [3.63, 3.8) is 0 Å². The smallest absolute Gasteiger partial charge is 0.227 e. The number of nitrogens with zero attached hydrogens (tertiary/aromatic N) is 2. The third-order valence-corrected chi connectivity index (χ3v) is 7.68. The van der Waals surface area contributed by atoms with Crippen LogP contribution in [-0.4, -0.2) is 41.2 Å². The van der Waals surface area contributed by atoms with Crippen LogP contribution in [0.1, 0.15) is 35.7 Å². The molecule has 0 N–H and O–H groups in total. The molecule has 2 aromatic rings. The molecule has 1 aliphatic carbocycles. The van der Waals surface area contributed by atoms with Crippen molar-refractivity contribution < 1.29 is 9.59 Å². The van der Waals surface area contributed by atoms with E-state index in [0.29, 0.717) is 24.2 Å². The highest BCUT2D eigenvalue weighted by Crippen LogP contribution is 2.46. The van der Waals surface area contributed by atoms with E-state index in [-0.39, 0.29) is 17.9 Å². The average Bonchev–Trinajstić information content (AvgIpc) is 3.36. The molecule has 1 saturated carbocycles. The van der Waals surface area contributed by atoms with Crippen molar-refractivity contribution in [3.8, 4) is 0 Å². The van der Waals surface area contributed by atoms with Crippen molar-refractivity contribution in [1.82, 2.24) is 9.80 Å². The summed E-state index contributed by atoms with van der Waals surface area (Å²) in [5.74, 6) is 1.52. The summed E-state index contributed by atoms with van der Waals surface area (Å²) >= 11 is 1.64. The molecule has 5 rings (SSSR count). The van der Waals surface area contributed by atoms with Gasteiger partial charge in [0, 0.05) is 42.3 Å². The van der Waals surface area contributed by atoms with E-state index in [9.17, 15) is 9.59 Å². The van der Waals surface area contributed by atoms with Crippen LogP contribution >= 0.6 is 11.3 Å². The van der Waals surface area contributed by atoms with E-state index in [4.69, 9.17) is 0 Å². The molecule has 0 bridgehead atoms. The molecule has 2 aliphatic heterocycles.